The molecule has 0 fully saturated rings. The monoisotopic (exact) mass is 254 g/mol. The van der Waals surface area contributed by atoms with E-state index < -0.39 is 9.76 Å². The molecule has 0 spiro atoms. The van der Waals surface area contributed by atoms with Crippen molar-refractivity contribution in [2.45, 2.75) is 25.8 Å². The first-order valence-electron chi connectivity index (χ1n) is 5.80. The Hall–Kier alpha value is -0.843. The van der Waals surface area contributed by atoms with Crippen molar-refractivity contribution in [1.82, 2.24) is 0 Å². The average Bonchev–Trinajstić information content (AvgIpc) is 2.29. The van der Waals surface area contributed by atoms with E-state index in [-0.39, 0.29) is 5.04 Å². The summed E-state index contributed by atoms with van der Waals surface area (Å²) in [6.07, 6.45) is 0. The van der Waals surface area contributed by atoms with Gasteiger partial charge in [-0.15, -0.1) is 0 Å². The molecule has 3 nitrogen and oxygen atoms in total. The summed E-state index contributed by atoms with van der Waals surface area (Å²) in [6.45, 7) is 7.44. The number of benzene rings is 1. The summed E-state index contributed by atoms with van der Waals surface area (Å²) in [5, 5.41) is 0.115. The fraction of sp³-hybridized carbons (Fsp3) is 0.538. The Morgan fingerprint density at radius 2 is 1.82 bits per heavy atom. The summed E-state index contributed by atoms with van der Waals surface area (Å²) in [7, 11) is 0.952. The van der Waals surface area contributed by atoms with Crippen LogP contribution in [0.25, 0.3) is 0 Å². The zero-order chi connectivity index (χ0) is 12.7. The second-order valence-electron chi connectivity index (χ2n) is 5.02. The van der Waals surface area contributed by atoms with Gasteiger partial charge in [-0.3, -0.25) is 0 Å². The van der Waals surface area contributed by atoms with E-state index in [0.29, 0.717) is 13.4 Å². The third-order valence-corrected chi connectivity index (χ3v) is 3.81. The molecule has 96 valence electrons. The maximum Gasteiger partial charge on any atom is 0.227 e. The minimum atomic E-state index is -0.680. The molecule has 0 heterocycles. The summed E-state index contributed by atoms with van der Waals surface area (Å²) in [6, 6.07) is 8.18. The number of aryl methyl sites for hydroxylation is 1. The molecule has 4 heteroatoms. The first kappa shape index (κ1) is 14.2. The molecule has 0 radical (unpaired) electrons. The smallest absolute Gasteiger partial charge is 0.227 e. The summed E-state index contributed by atoms with van der Waals surface area (Å²) in [4.78, 5) is 0. The number of ether oxygens (including phenoxy) is 2. The minimum absolute atomic E-state index is 0.115. The van der Waals surface area contributed by atoms with Crippen LogP contribution in [0.15, 0.2) is 24.3 Å². The lowest BCUT2D eigenvalue weighted by molar-refractivity contribution is -0.0384. The van der Waals surface area contributed by atoms with Gasteiger partial charge in [-0.05, 0) is 19.1 Å². The quantitative estimate of drug-likeness (QED) is 0.424. The van der Waals surface area contributed by atoms with E-state index in [1.54, 1.807) is 7.11 Å². The molecule has 0 atom stereocenters. The van der Waals surface area contributed by atoms with Crippen LogP contribution in [0, 0.1) is 6.92 Å². The van der Waals surface area contributed by atoms with Gasteiger partial charge in [0.1, 0.15) is 12.5 Å². The second kappa shape index (κ2) is 6.79. The van der Waals surface area contributed by atoms with Crippen molar-refractivity contribution in [1.29, 1.82) is 0 Å². The summed E-state index contributed by atoms with van der Waals surface area (Å²) in [5.41, 5.74) is 1.25. The van der Waals surface area contributed by atoms with Gasteiger partial charge in [0, 0.05) is 12.1 Å². The van der Waals surface area contributed by atoms with E-state index in [2.05, 4.69) is 32.9 Å². The first-order valence-corrected chi connectivity index (χ1v) is 7.08. The van der Waals surface area contributed by atoms with Crippen LogP contribution in [0.2, 0.25) is 5.04 Å². The molecular weight excluding hydrogens is 232 g/mol. The molecule has 0 bridgehead atoms. The Bertz CT molecular complexity index is 322. The minimum Gasteiger partial charge on any atom is -0.549 e. The van der Waals surface area contributed by atoms with E-state index in [4.69, 9.17) is 13.9 Å². The highest BCUT2D eigenvalue weighted by molar-refractivity contribution is 6.33. The standard InChI is InChI=1S/C13H22O3Si/c1-11-5-7-12(8-6-11)16-17-13(2,3)9-15-10-14-4/h5-8H,9-10,17H2,1-4H3. The van der Waals surface area contributed by atoms with Gasteiger partial charge >= 0.3 is 0 Å². The van der Waals surface area contributed by atoms with Crippen molar-refractivity contribution in [3.8, 4) is 5.75 Å². The van der Waals surface area contributed by atoms with Crippen molar-refractivity contribution < 1.29 is 13.9 Å². The Kier molecular flexibility index (Phi) is 5.68. The topological polar surface area (TPSA) is 27.7 Å². The van der Waals surface area contributed by atoms with E-state index in [1.807, 2.05) is 12.1 Å². The largest absolute Gasteiger partial charge is 0.549 e. The highest BCUT2D eigenvalue weighted by atomic mass is 28.2. The zero-order valence-electron chi connectivity index (χ0n) is 11.2. The van der Waals surface area contributed by atoms with Crippen LogP contribution < -0.4 is 4.43 Å². The van der Waals surface area contributed by atoms with Crippen LogP contribution in [0.3, 0.4) is 0 Å². The van der Waals surface area contributed by atoms with Gasteiger partial charge in [-0.1, -0.05) is 31.5 Å². The lowest BCUT2D eigenvalue weighted by Gasteiger charge is -2.23. The predicted molar refractivity (Wildman–Crippen MR) is 72.2 cm³/mol. The average molecular weight is 254 g/mol. The SMILES string of the molecule is COCOCC(C)(C)[SiH2]Oc1ccc(C)cc1. The molecule has 0 aliphatic heterocycles. The molecule has 0 unspecified atom stereocenters. The van der Waals surface area contributed by atoms with Crippen LogP contribution in [0.4, 0.5) is 0 Å². The molecular formula is C13H22O3Si. The Morgan fingerprint density at radius 1 is 1.18 bits per heavy atom. The second-order valence-corrected chi connectivity index (χ2v) is 7.51. The van der Waals surface area contributed by atoms with Gasteiger partial charge in [0.2, 0.25) is 9.76 Å². The molecule has 1 rings (SSSR count). The highest BCUT2D eigenvalue weighted by Gasteiger charge is 2.20. The highest BCUT2D eigenvalue weighted by Crippen LogP contribution is 2.24. The lowest BCUT2D eigenvalue weighted by atomic mass is 10.2. The third kappa shape index (κ3) is 5.86. The molecule has 0 aliphatic rings. The number of methoxy groups -OCH3 is 1. The Balaban J connectivity index is 2.35. The lowest BCUT2D eigenvalue weighted by Crippen LogP contribution is -2.24. The molecule has 0 aromatic heterocycles. The van der Waals surface area contributed by atoms with E-state index in [9.17, 15) is 0 Å². The van der Waals surface area contributed by atoms with Crippen LogP contribution >= 0.6 is 0 Å². The van der Waals surface area contributed by atoms with Crippen molar-refractivity contribution in [3.05, 3.63) is 29.8 Å². The van der Waals surface area contributed by atoms with E-state index in [1.165, 1.54) is 5.56 Å². The fourth-order valence-electron chi connectivity index (χ4n) is 1.36. The van der Waals surface area contributed by atoms with Gasteiger partial charge in [-0.2, -0.15) is 0 Å². The molecule has 17 heavy (non-hydrogen) atoms. The number of hydrogen-bond acceptors (Lipinski definition) is 3. The maximum atomic E-state index is 5.87. The molecule has 0 saturated heterocycles. The van der Waals surface area contributed by atoms with Crippen LogP contribution in [0.5, 0.6) is 5.75 Å². The first-order chi connectivity index (χ1) is 8.03. The third-order valence-electron chi connectivity index (χ3n) is 2.34. The number of rotatable bonds is 7. The Morgan fingerprint density at radius 3 is 2.41 bits per heavy atom. The van der Waals surface area contributed by atoms with Crippen LogP contribution in [0.1, 0.15) is 19.4 Å². The summed E-state index contributed by atoms with van der Waals surface area (Å²) < 4.78 is 16.1. The number of hydrogen-bond donors (Lipinski definition) is 0. The van der Waals surface area contributed by atoms with Gasteiger partial charge in [0.15, 0.2) is 0 Å². The normalized spacial score (nSPS) is 12.2. The van der Waals surface area contributed by atoms with Gasteiger partial charge in [0.25, 0.3) is 0 Å². The predicted octanol–water partition coefficient (Wildman–Crippen LogP) is 2.28. The van der Waals surface area contributed by atoms with Crippen molar-refractivity contribution in [2.24, 2.45) is 0 Å². The molecule has 0 saturated carbocycles. The molecule has 0 amide bonds. The van der Waals surface area contributed by atoms with Gasteiger partial charge in [-0.25, -0.2) is 0 Å². The zero-order valence-corrected chi connectivity index (χ0v) is 12.6. The fourth-order valence-corrected chi connectivity index (χ4v) is 2.33. The Labute approximate surface area is 106 Å². The van der Waals surface area contributed by atoms with Crippen molar-refractivity contribution >= 4 is 9.76 Å². The molecule has 0 N–H and O–H groups in total. The van der Waals surface area contributed by atoms with Crippen molar-refractivity contribution in [3.63, 3.8) is 0 Å². The molecule has 0 aliphatic carbocycles. The van der Waals surface area contributed by atoms with Crippen LogP contribution in [-0.4, -0.2) is 30.3 Å². The summed E-state index contributed by atoms with van der Waals surface area (Å²) >= 11 is 0. The van der Waals surface area contributed by atoms with E-state index in [0.717, 1.165) is 5.75 Å². The maximum absolute atomic E-state index is 5.87. The molecule has 1 aromatic carbocycles. The molecule has 1 aromatic rings. The van der Waals surface area contributed by atoms with Crippen molar-refractivity contribution in [2.75, 3.05) is 20.5 Å². The van der Waals surface area contributed by atoms with E-state index >= 15 is 0 Å². The van der Waals surface area contributed by atoms with Gasteiger partial charge in [0.05, 0.1) is 6.61 Å². The van der Waals surface area contributed by atoms with Crippen LogP contribution in [-0.2, 0) is 9.47 Å². The van der Waals surface area contributed by atoms with Gasteiger partial charge < -0.3 is 13.9 Å². The summed E-state index contributed by atoms with van der Waals surface area (Å²) in [5.74, 6) is 0.960.